The lowest BCUT2D eigenvalue weighted by atomic mass is 10.1. The highest BCUT2D eigenvalue weighted by atomic mass is 35.5. The van der Waals surface area contributed by atoms with Gasteiger partial charge in [0.05, 0.1) is 12.0 Å². The molecule has 0 radical (unpaired) electrons. The van der Waals surface area contributed by atoms with Crippen molar-refractivity contribution in [2.24, 2.45) is 0 Å². The highest BCUT2D eigenvalue weighted by Crippen LogP contribution is 2.19. The van der Waals surface area contributed by atoms with Crippen molar-refractivity contribution in [1.82, 2.24) is 14.9 Å². The van der Waals surface area contributed by atoms with Gasteiger partial charge in [-0.15, -0.1) is 0 Å². The normalized spacial score (nSPS) is 10.6. The second-order valence-corrected chi connectivity index (χ2v) is 6.60. The Labute approximate surface area is 164 Å². The summed E-state index contributed by atoms with van der Waals surface area (Å²) < 4.78 is 14.4. The molecule has 5 nitrogen and oxygen atoms in total. The number of hydrogen-bond donors (Lipinski definition) is 1. The zero-order valence-corrected chi connectivity index (χ0v) is 15.5. The number of hydrogen-bond acceptors (Lipinski definition) is 3. The minimum Gasteiger partial charge on any atom is -0.350 e. The lowest BCUT2D eigenvalue weighted by Crippen LogP contribution is -2.30. The molecule has 1 N–H and O–H groups in total. The van der Waals surface area contributed by atoms with Crippen LogP contribution in [0.3, 0.4) is 0 Å². The molecule has 0 saturated carbocycles. The van der Waals surface area contributed by atoms with Gasteiger partial charge in [0, 0.05) is 40.3 Å². The smallest absolute Gasteiger partial charge is 0.253 e. The Morgan fingerprint density at radius 2 is 1.74 bits per heavy atom. The molecule has 3 aromatic rings. The Balaban J connectivity index is 1.63. The summed E-state index contributed by atoms with van der Waals surface area (Å²) in [5, 5.41) is 3.43. The van der Waals surface area contributed by atoms with E-state index in [0.717, 1.165) is 0 Å². The first-order valence-electron chi connectivity index (χ1n) is 7.99. The molecule has 0 aliphatic heterocycles. The standard InChI is InChI=1S/C19H14Cl2FN3O2/c20-14-7-13(8-15(21)9-14)19(27)23-5-6-25-11-24-17(10-18(25)26)12-1-3-16(22)4-2-12/h1-4,7-11H,5-6H2,(H,23,27). The van der Waals surface area contributed by atoms with Crippen LogP contribution in [0.4, 0.5) is 4.39 Å². The van der Waals surface area contributed by atoms with Crippen LogP contribution in [0.1, 0.15) is 10.4 Å². The quantitative estimate of drug-likeness (QED) is 0.702. The van der Waals surface area contributed by atoms with Crippen LogP contribution in [-0.2, 0) is 6.54 Å². The molecule has 0 saturated heterocycles. The topological polar surface area (TPSA) is 64.0 Å². The fourth-order valence-electron chi connectivity index (χ4n) is 2.45. The predicted octanol–water partition coefficient (Wildman–Crippen LogP) is 3.79. The molecule has 27 heavy (non-hydrogen) atoms. The number of carbonyl (C=O) groups excluding carboxylic acids is 1. The molecule has 1 amide bonds. The summed E-state index contributed by atoms with van der Waals surface area (Å²) in [5.74, 6) is -0.702. The molecule has 0 bridgehead atoms. The van der Waals surface area contributed by atoms with Crippen LogP contribution in [0, 0.1) is 5.82 Å². The largest absolute Gasteiger partial charge is 0.350 e. The molecular weight excluding hydrogens is 392 g/mol. The van der Waals surface area contributed by atoms with Gasteiger partial charge in [-0.3, -0.25) is 14.2 Å². The Kier molecular flexibility index (Phi) is 5.88. The van der Waals surface area contributed by atoms with Gasteiger partial charge in [-0.05, 0) is 42.5 Å². The summed E-state index contributed by atoms with van der Waals surface area (Å²) in [6.07, 6.45) is 1.39. The fraction of sp³-hybridized carbons (Fsp3) is 0.105. The third-order valence-electron chi connectivity index (χ3n) is 3.78. The van der Waals surface area contributed by atoms with E-state index in [9.17, 15) is 14.0 Å². The minimum absolute atomic E-state index is 0.223. The molecule has 0 aliphatic carbocycles. The maximum Gasteiger partial charge on any atom is 0.253 e. The van der Waals surface area contributed by atoms with Crippen LogP contribution in [-0.4, -0.2) is 22.0 Å². The van der Waals surface area contributed by atoms with Crippen LogP contribution in [0.5, 0.6) is 0 Å². The average Bonchev–Trinajstić information content (AvgIpc) is 2.62. The number of nitrogens with one attached hydrogen (secondary N) is 1. The van der Waals surface area contributed by atoms with E-state index in [4.69, 9.17) is 23.2 Å². The first-order chi connectivity index (χ1) is 12.9. The van der Waals surface area contributed by atoms with E-state index in [2.05, 4.69) is 10.3 Å². The van der Waals surface area contributed by atoms with E-state index in [1.807, 2.05) is 0 Å². The molecular formula is C19H14Cl2FN3O2. The maximum absolute atomic E-state index is 13.0. The van der Waals surface area contributed by atoms with Crippen molar-refractivity contribution in [3.8, 4) is 11.3 Å². The van der Waals surface area contributed by atoms with Gasteiger partial charge in [0.1, 0.15) is 5.82 Å². The molecule has 0 fully saturated rings. The Hall–Kier alpha value is -2.70. The molecule has 3 rings (SSSR count). The van der Waals surface area contributed by atoms with Gasteiger partial charge in [-0.2, -0.15) is 0 Å². The van der Waals surface area contributed by atoms with E-state index in [1.165, 1.54) is 47.3 Å². The van der Waals surface area contributed by atoms with Gasteiger partial charge >= 0.3 is 0 Å². The van der Waals surface area contributed by atoms with E-state index >= 15 is 0 Å². The molecule has 8 heteroatoms. The molecule has 1 heterocycles. The average molecular weight is 406 g/mol. The molecule has 0 spiro atoms. The van der Waals surface area contributed by atoms with Crippen molar-refractivity contribution >= 4 is 29.1 Å². The number of benzene rings is 2. The second kappa shape index (κ2) is 8.33. The fourth-order valence-corrected chi connectivity index (χ4v) is 2.98. The molecule has 1 aromatic heterocycles. The Morgan fingerprint density at radius 1 is 1.07 bits per heavy atom. The minimum atomic E-state index is -0.358. The van der Waals surface area contributed by atoms with Crippen molar-refractivity contribution in [2.75, 3.05) is 6.54 Å². The number of aromatic nitrogens is 2. The van der Waals surface area contributed by atoms with Crippen molar-refractivity contribution < 1.29 is 9.18 Å². The first kappa shape index (κ1) is 19.1. The van der Waals surface area contributed by atoms with Crippen molar-refractivity contribution in [3.05, 3.63) is 86.6 Å². The molecule has 2 aromatic carbocycles. The lowest BCUT2D eigenvalue weighted by molar-refractivity contribution is 0.0952. The van der Waals surface area contributed by atoms with Crippen molar-refractivity contribution in [3.63, 3.8) is 0 Å². The van der Waals surface area contributed by atoms with E-state index < -0.39 is 0 Å². The number of amides is 1. The van der Waals surface area contributed by atoms with Crippen molar-refractivity contribution in [2.45, 2.75) is 6.54 Å². The summed E-state index contributed by atoms with van der Waals surface area (Å²) >= 11 is 11.8. The predicted molar refractivity (Wildman–Crippen MR) is 103 cm³/mol. The first-order valence-corrected chi connectivity index (χ1v) is 8.75. The van der Waals surface area contributed by atoms with Crippen LogP contribution in [0.25, 0.3) is 11.3 Å². The van der Waals surface area contributed by atoms with Crippen LogP contribution in [0.2, 0.25) is 10.0 Å². The van der Waals surface area contributed by atoms with Gasteiger partial charge in [0.2, 0.25) is 0 Å². The third-order valence-corrected chi connectivity index (χ3v) is 4.22. The molecule has 0 unspecified atom stereocenters. The molecule has 138 valence electrons. The van der Waals surface area contributed by atoms with Gasteiger partial charge in [0.15, 0.2) is 0 Å². The maximum atomic E-state index is 13.0. The Morgan fingerprint density at radius 3 is 2.37 bits per heavy atom. The second-order valence-electron chi connectivity index (χ2n) is 5.73. The highest BCUT2D eigenvalue weighted by Gasteiger charge is 2.08. The summed E-state index contributed by atoms with van der Waals surface area (Å²) in [5.41, 5.74) is 1.16. The number of halogens is 3. The van der Waals surface area contributed by atoms with Crippen LogP contribution in [0.15, 0.2) is 59.7 Å². The number of carbonyl (C=O) groups is 1. The number of rotatable bonds is 5. The van der Waals surface area contributed by atoms with Crippen LogP contribution < -0.4 is 10.9 Å². The monoisotopic (exact) mass is 405 g/mol. The zero-order valence-electron chi connectivity index (χ0n) is 14.0. The van der Waals surface area contributed by atoms with Crippen molar-refractivity contribution in [1.29, 1.82) is 0 Å². The van der Waals surface area contributed by atoms with Gasteiger partial charge in [-0.1, -0.05) is 23.2 Å². The SMILES string of the molecule is O=C(NCCn1cnc(-c2ccc(F)cc2)cc1=O)c1cc(Cl)cc(Cl)c1. The van der Waals surface area contributed by atoms with E-state index in [0.29, 0.717) is 26.9 Å². The van der Waals surface area contributed by atoms with Gasteiger partial charge in [0.25, 0.3) is 11.5 Å². The van der Waals surface area contributed by atoms with Gasteiger partial charge < -0.3 is 5.32 Å². The highest BCUT2D eigenvalue weighted by molar-refractivity contribution is 6.35. The Bertz CT molecular complexity index is 1020. The summed E-state index contributed by atoms with van der Waals surface area (Å²) in [7, 11) is 0. The van der Waals surface area contributed by atoms with E-state index in [1.54, 1.807) is 12.1 Å². The van der Waals surface area contributed by atoms with Crippen LogP contribution >= 0.6 is 23.2 Å². The summed E-state index contributed by atoms with van der Waals surface area (Å²) in [6.45, 7) is 0.468. The molecule has 0 aliphatic rings. The molecule has 0 atom stereocenters. The summed E-state index contributed by atoms with van der Waals surface area (Å²) in [6, 6.07) is 11.6. The van der Waals surface area contributed by atoms with Gasteiger partial charge in [-0.25, -0.2) is 9.37 Å². The summed E-state index contributed by atoms with van der Waals surface area (Å²) in [4.78, 5) is 28.6. The third kappa shape index (κ3) is 4.93. The number of nitrogens with zero attached hydrogens (tertiary/aromatic N) is 2. The zero-order chi connectivity index (χ0) is 19.4. The van der Waals surface area contributed by atoms with E-state index in [-0.39, 0.29) is 30.4 Å². The lowest BCUT2D eigenvalue weighted by Gasteiger charge is -2.09.